The molecule has 10 heteroatoms. The molecule has 2 aromatic heterocycles. The van der Waals surface area contributed by atoms with Gasteiger partial charge in [0.1, 0.15) is 22.4 Å². The molecule has 1 amide bonds. The van der Waals surface area contributed by atoms with Crippen LogP contribution in [0, 0.1) is 0 Å². The van der Waals surface area contributed by atoms with E-state index in [1.165, 1.54) is 0 Å². The molecule has 8 nitrogen and oxygen atoms in total. The number of ether oxygens (including phenoxy) is 1. The Morgan fingerprint density at radius 3 is 2.69 bits per heavy atom. The number of nitrogens with zero attached hydrogens (tertiary/aromatic N) is 3. The van der Waals surface area contributed by atoms with Crippen molar-refractivity contribution in [2.45, 2.75) is 6.92 Å². The Labute approximate surface area is 235 Å². The molecule has 0 spiro atoms. The molecule has 0 aliphatic carbocycles. The fraction of sp³-hybridized carbons (Fsp3) is 0.276. The SMILES string of the molecule is CCOc1cccc2sc(N3CCN(CCNC(=O)c4cc5c(ccc6ccccc65)oc4=O)CC3)nc12.Cl. The number of thiazole rings is 1. The van der Waals surface area contributed by atoms with E-state index in [1.54, 1.807) is 23.5 Å². The second-order valence-corrected chi connectivity index (χ2v) is 10.3. The van der Waals surface area contributed by atoms with Crippen molar-refractivity contribution in [3.63, 3.8) is 0 Å². The van der Waals surface area contributed by atoms with Crippen molar-refractivity contribution < 1.29 is 13.9 Å². The van der Waals surface area contributed by atoms with Crippen LogP contribution >= 0.6 is 23.7 Å². The van der Waals surface area contributed by atoms with Crippen LogP contribution in [0.4, 0.5) is 5.13 Å². The first-order valence-electron chi connectivity index (χ1n) is 12.8. The number of amides is 1. The van der Waals surface area contributed by atoms with Gasteiger partial charge in [-0.05, 0) is 42.0 Å². The van der Waals surface area contributed by atoms with E-state index in [2.05, 4.69) is 21.2 Å². The standard InChI is InChI=1S/C29H28N4O4S.ClH/c1-2-36-24-8-5-9-25-26(24)31-29(38-25)33-16-14-32(15-17-33)13-12-30-27(34)22-18-21-20-7-4-3-6-19(20)10-11-23(21)37-28(22)35;/h3-11,18H,2,12-17H2,1H3,(H,30,34);1H. The molecular formula is C29H29ClN4O4S. The number of hydrogen-bond donors (Lipinski definition) is 1. The third-order valence-electron chi connectivity index (χ3n) is 6.91. The summed E-state index contributed by atoms with van der Waals surface area (Å²) in [5.74, 6) is 0.419. The monoisotopic (exact) mass is 564 g/mol. The van der Waals surface area contributed by atoms with Gasteiger partial charge in [-0.2, -0.15) is 0 Å². The molecule has 1 saturated heterocycles. The molecule has 1 aliphatic heterocycles. The number of carbonyl (C=O) groups is 1. The van der Waals surface area contributed by atoms with Crippen molar-refractivity contribution in [3.8, 4) is 5.75 Å². The molecule has 3 heterocycles. The number of para-hydroxylation sites is 1. The number of benzene rings is 3. The lowest BCUT2D eigenvalue weighted by molar-refractivity contribution is 0.0944. The Balaban J connectivity index is 0.00000308. The van der Waals surface area contributed by atoms with Crippen LogP contribution in [0.5, 0.6) is 5.75 Å². The minimum atomic E-state index is -0.623. The molecule has 0 bridgehead atoms. The summed E-state index contributed by atoms with van der Waals surface area (Å²) in [5.41, 5.74) is 0.805. The quantitative estimate of drug-likeness (QED) is 0.221. The molecule has 3 aromatic carbocycles. The summed E-state index contributed by atoms with van der Waals surface area (Å²) in [6.45, 7) is 7.21. The van der Waals surface area contributed by atoms with Crippen molar-refractivity contribution in [3.05, 3.63) is 76.6 Å². The van der Waals surface area contributed by atoms with E-state index in [-0.39, 0.29) is 18.0 Å². The molecule has 1 fully saturated rings. The van der Waals surface area contributed by atoms with Crippen LogP contribution < -0.4 is 20.6 Å². The van der Waals surface area contributed by atoms with Crippen LogP contribution in [0.3, 0.4) is 0 Å². The first-order valence-corrected chi connectivity index (χ1v) is 13.7. The van der Waals surface area contributed by atoms with E-state index in [4.69, 9.17) is 14.1 Å². The second kappa shape index (κ2) is 11.6. The van der Waals surface area contributed by atoms with E-state index < -0.39 is 11.5 Å². The highest BCUT2D eigenvalue weighted by Crippen LogP contribution is 2.34. The van der Waals surface area contributed by atoms with Crippen molar-refractivity contribution in [1.82, 2.24) is 15.2 Å². The predicted octanol–water partition coefficient (Wildman–Crippen LogP) is 4.93. The number of halogens is 1. The van der Waals surface area contributed by atoms with Crippen LogP contribution in [0.2, 0.25) is 0 Å². The van der Waals surface area contributed by atoms with Crippen LogP contribution in [-0.4, -0.2) is 61.7 Å². The van der Waals surface area contributed by atoms with Gasteiger partial charge in [-0.15, -0.1) is 12.4 Å². The van der Waals surface area contributed by atoms with Gasteiger partial charge < -0.3 is 19.4 Å². The molecule has 0 unspecified atom stereocenters. The van der Waals surface area contributed by atoms with Crippen LogP contribution in [0.1, 0.15) is 17.3 Å². The Bertz CT molecular complexity index is 1690. The van der Waals surface area contributed by atoms with Gasteiger partial charge >= 0.3 is 5.63 Å². The molecule has 202 valence electrons. The minimum absolute atomic E-state index is 0. The molecule has 6 rings (SSSR count). The lowest BCUT2D eigenvalue weighted by Crippen LogP contribution is -2.48. The zero-order valence-electron chi connectivity index (χ0n) is 21.5. The molecule has 0 saturated carbocycles. The fourth-order valence-electron chi connectivity index (χ4n) is 4.93. The third kappa shape index (κ3) is 5.43. The number of hydrogen-bond acceptors (Lipinski definition) is 8. The lowest BCUT2D eigenvalue weighted by atomic mass is 10.0. The van der Waals surface area contributed by atoms with E-state index in [0.717, 1.165) is 63.4 Å². The maximum atomic E-state index is 12.9. The van der Waals surface area contributed by atoms with E-state index in [9.17, 15) is 9.59 Å². The summed E-state index contributed by atoms with van der Waals surface area (Å²) in [6, 6.07) is 19.2. The first-order chi connectivity index (χ1) is 18.6. The number of carbonyl (C=O) groups excluding carboxylic acids is 1. The number of aromatic nitrogens is 1. The Hall–Kier alpha value is -3.66. The fourth-order valence-corrected chi connectivity index (χ4v) is 5.97. The molecule has 39 heavy (non-hydrogen) atoms. The average Bonchev–Trinajstić information content (AvgIpc) is 3.38. The van der Waals surface area contributed by atoms with Crippen LogP contribution in [-0.2, 0) is 0 Å². The molecule has 5 aromatic rings. The van der Waals surface area contributed by atoms with Gasteiger partial charge in [-0.25, -0.2) is 9.78 Å². The summed E-state index contributed by atoms with van der Waals surface area (Å²) in [5, 5.41) is 6.64. The topological polar surface area (TPSA) is 87.9 Å². The third-order valence-corrected chi connectivity index (χ3v) is 7.99. The Morgan fingerprint density at radius 1 is 1.05 bits per heavy atom. The summed E-state index contributed by atoms with van der Waals surface area (Å²) in [7, 11) is 0. The molecular weight excluding hydrogens is 536 g/mol. The number of anilines is 1. The zero-order chi connectivity index (χ0) is 26.1. The highest BCUT2D eigenvalue weighted by molar-refractivity contribution is 7.22. The van der Waals surface area contributed by atoms with Crippen molar-refractivity contribution >= 4 is 66.7 Å². The molecule has 1 aliphatic rings. The lowest BCUT2D eigenvalue weighted by Gasteiger charge is -2.34. The van der Waals surface area contributed by atoms with E-state index >= 15 is 0 Å². The van der Waals surface area contributed by atoms with Gasteiger partial charge in [-0.1, -0.05) is 47.7 Å². The number of nitrogens with one attached hydrogen (secondary N) is 1. The largest absolute Gasteiger partial charge is 0.492 e. The van der Waals surface area contributed by atoms with Gasteiger partial charge in [0, 0.05) is 44.7 Å². The maximum Gasteiger partial charge on any atom is 0.349 e. The van der Waals surface area contributed by atoms with Gasteiger partial charge in [0.2, 0.25) is 0 Å². The van der Waals surface area contributed by atoms with E-state index in [0.29, 0.717) is 25.3 Å². The molecule has 1 N–H and O–H groups in total. The number of piperazine rings is 1. The van der Waals surface area contributed by atoms with Gasteiger partial charge in [0.05, 0.1) is 11.3 Å². The van der Waals surface area contributed by atoms with E-state index in [1.807, 2.05) is 49.4 Å². The minimum Gasteiger partial charge on any atom is -0.492 e. The van der Waals surface area contributed by atoms with Gasteiger partial charge in [-0.3, -0.25) is 9.69 Å². The van der Waals surface area contributed by atoms with Crippen molar-refractivity contribution in [2.75, 3.05) is 50.8 Å². The summed E-state index contributed by atoms with van der Waals surface area (Å²) >= 11 is 1.69. The number of rotatable bonds is 7. The maximum absolute atomic E-state index is 12.9. The van der Waals surface area contributed by atoms with Crippen molar-refractivity contribution in [2.24, 2.45) is 0 Å². The Morgan fingerprint density at radius 2 is 1.87 bits per heavy atom. The highest BCUT2D eigenvalue weighted by Gasteiger charge is 2.21. The second-order valence-electron chi connectivity index (χ2n) is 9.26. The smallest absolute Gasteiger partial charge is 0.349 e. The van der Waals surface area contributed by atoms with Crippen LogP contribution in [0.25, 0.3) is 32.0 Å². The Kier molecular flexibility index (Phi) is 8.02. The highest BCUT2D eigenvalue weighted by atomic mass is 35.5. The summed E-state index contributed by atoms with van der Waals surface area (Å²) < 4.78 is 12.3. The van der Waals surface area contributed by atoms with Gasteiger partial charge in [0.15, 0.2) is 5.13 Å². The molecule has 0 radical (unpaired) electrons. The van der Waals surface area contributed by atoms with Crippen molar-refractivity contribution in [1.29, 1.82) is 0 Å². The average molecular weight is 565 g/mol. The predicted molar refractivity (Wildman–Crippen MR) is 159 cm³/mol. The van der Waals surface area contributed by atoms with Gasteiger partial charge in [0.25, 0.3) is 5.91 Å². The first kappa shape index (κ1) is 26.9. The summed E-state index contributed by atoms with van der Waals surface area (Å²) in [6.07, 6.45) is 0. The summed E-state index contributed by atoms with van der Waals surface area (Å²) in [4.78, 5) is 34.9. The zero-order valence-corrected chi connectivity index (χ0v) is 23.1. The van der Waals surface area contributed by atoms with Crippen LogP contribution in [0.15, 0.2) is 69.9 Å². The number of fused-ring (bicyclic) bond motifs is 4. The molecule has 0 atom stereocenters. The normalized spacial score (nSPS) is 14.0.